The van der Waals surface area contributed by atoms with E-state index in [-0.39, 0.29) is 18.6 Å². The van der Waals surface area contributed by atoms with Crippen molar-refractivity contribution in [3.8, 4) is 0 Å². The third-order valence-electron chi connectivity index (χ3n) is 2.58. The Morgan fingerprint density at radius 1 is 1.50 bits per heavy atom. The number of aromatic amines is 1. The first-order valence-corrected chi connectivity index (χ1v) is 5.80. The van der Waals surface area contributed by atoms with E-state index in [2.05, 4.69) is 15.0 Å². The SMILES string of the molecule is COCC(CCO)NCc1ccc(C(=O)OC)[nH]1. The molecule has 1 aromatic heterocycles. The summed E-state index contributed by atoms with van der Waals surface area (Å²) in [6.07, 6.45) is 0.623. The Bertz CT molecular complexity index is 359. The van der Waals surface area contributed by atoms with Crippen LogP contribution in [0, 0.1) is 0 Å². The van der Waals surface area contributed by atoms with E-state index in [1.807, 2.05) is 6.07 Å². The molecule has 0 spiro atoms. The van der Waals surface area contributed by atoms with Gasteiger partial charge in [-0.3, -0.25) is 0 Å². The van der Waals surface area contributed by atoms with Crippen molar-refractivity contribution in [1.82, 2.24) is 10.3 Å². The molecule has 0 amide bonds. The van der Waals surface area contributed by atoms with Gasteiger partial charge in [-0.25, -0.2) is 4.79 Å². The van der Waals surface area contributed by atoms with Crippen LogP contribution in [0.15, 0.2) is 12.1 Å². The van der Waals surface area contributed by atoms with Crippen LogP contribution in [-0.4, -0.2) is 49.5 Å². The first kappa shape index (κ1) is 14.7. The number of nitrogens with one attached hydrogen (secondary N) is 2. The molecule has 0 saturated carbocycles. The third-order valence-corrected chi connectivity index (χ3v) is 2.58. The quantitative estimate of drug-likeness (QED) is 0.582. The van der Waals surface area contributed by atoms with E-state index >= 15 is 0 Å². The number of hydrogen-bond donors (Lipinski definition) is 3. The molecular formula is C12H20N2O4. The van der Waals surface area contributed by atoms with Crippen molar-refractivity contribution in [1.29, 1.82) is 0 Å². The van der Waals surface area contributed by atoms with E-state index in [0.717, 1.165) is 5.69 Å². The molecule has 0 bridgehead atoms. The van der Waals surface area contributed by atoms with Crippen molar-refractivity contribution in [3.63, 3.8) is 0 Å². The molecule has 6 heteroatoms. The fraction of sp³-hybridized carbons (Fsp3) is 0.583. The van der Waals surface area contributed by atoms with Gasteiger partial charge in [0.05, 0.1) is 13.7 Å². The van der Waals surface area contributed by atoms with Gasteiger partial charge in [-0.15, -0.1) is 0 Å². The average molecular weight is 256 g/mol. The summed E-state index contributed by atoms with van der Waals surface area (Å²) >= 11 is 0. The smallest absolute Gasteiger partial charge is 0.354 e. The molecule has 0 radical (unpaired) electrons. The van der Waals surface area contributed by atoms with Crippen LogP contribution in [-0.2, 0) is 16.0 Å². The summed E-state index contributed by atoms with van der Waals surface area (Å²) in [7, 11) is 2.97. The number of aliphatic hydroxyl groups excluding tert-OH is 1. The summed E-state index contributed by atoms with van der Waals surface area (Å²) in [4.78, 5) is 14.2. The number of H-pyrrole nitrogens is 1. The number of carbonyl (C=O) groups is 1. The number of hydrogen-bond acceptors (Lipinski definition) is 5. The summed E-state index contributed by atoms with van der Waals surface area (Å²) in [6.45, 7) is 1.22. The van der Waals surface area contributed by atoms with Crippen molar-refractivity contribution in [3.05, 3.63) is 23.5 Å². The van der Waals surface area contributed by atoms with E-state index in [4.69, 9.17) is 9.84 Å². The lowest BCUT2D eigenvalue weighted by Crippen LogP contribution is -2.33. The number of aliphatic hydroxyl groups is 1. The number of ether oxygens (including phenoxy) is 2. The first-order chi connectivity index (χ1) is 8.71. The number of methoxy groups -OCH3 is 2. The van der Waals surface area contributed by atoms with Gasteiger partial charge in [0.25, 0.3) is 0 Å². The maximum absolute atomic E-state index is 11.2. The van der Waals surface area contributed by atoms with Crippen molar-refractivity contribution in [2.24, 2.45) is 0 Å². The van der Waals surface area contributed by atoms with Crippen LogP contribution in [0.25, 0.3) is 0 Å². The van der Waals surface area contributed by atoms with Gasteiger partial charge in [0.2, 0.25) is 0 Å². The molecule has 1 unspecified atom stereocenters. The Morgan fingerprint density at radius 3 is 2.89 bits per heavy atom. The Balaban J connectivity index is 2.46. The lowest BCUT2D eigenvalue weighted by Gasteiger charge is -2.16. The van der Waals surface area contributed by atoms with Crippen molar-refractivity contribution < 1.29 is 19.4 Å². The molecule has 0 fully saturated rings. The molecule has 0 aromatic carbocycles. The fourth-order valence-corrected chi connectivity index (χ4v) is 1.63. The molecule has 6 nitrogen and oxygen atoms in total. The van der Waals surface area contributed by atoms with Crippen LogP contribution in [0.4, 0.5) is 0 Å². The summed E-state index contributed by atoms with van der Waals surface area (Å²) < 4.78 is 9.66. The second kappa shape index (κ2) is 7.86. The Hall–Kier alpha value is -1.37. The molecule has 18 heavy (non-hydrogen) atoms. The molecule has 1 atom stereocenters. The van der Waals surface area contributed by atoms with Gasteiger partial charge in [-0.05, 0) is 18.6 Å². The number of carbonyl (C=O) groups excluding carboxylic acids is 1. The average Bonchev–Trinajstić information content (AvgIpc) is 2.84. The second-order valence-electron chi connectivity index (χ2n) is 3.93. The molecule has 102 valence electrons. The largest absolute Gasteiger partial charge is 0.464 e. The standard InChI is InChI=1S/C12H20N2O4/c1-17-8-10(5-6-15)13-7-9-3-4-11(14-9)12(16)18-2/h3-4,10,13-15H,5-8H2,1-2H3. The summed E-state index contributed by atoms with van der Waals surface area (Å²) in [5, 5.41) is 12.1. The highest BCUT2D eigenvalue weighted by Crippen LogP contribution is 2.04. The summed E-state index contributed by atoms with van der Waals surface area (Å²) in [6, 6.07) is 3.59. The maximum atomic E-state index is 11.2. The van der Waals surface area contributed by atoms with E-state index in [0.29, 0.717) is 25.3 Å². The fourth-order valence-electron chi connectivity index (χ4n) is 1.63. The highest BCUT2D eigenvalue weighted by molar-refractivity contribution is 5.87. The van der Waals surface area contributed by atoms with Gasteiger partial charge in [-0.1, -0.05) is 0 Å². The van der Waals surface area contributed by atoms with E-state index in [9.17, 15) is 4.79 Å². The summed E-state index contributed by atoms with van der Waals surface area (Å²) in [5.41, 5.74) is 1.31. The lowest BCUT2D eigenvalue weighted by molar-refractivity contribution is 0.0594. The molecule has 0 saturated heterocycles. The second-order valence-corrected chi connectivity index (χ2v) is 3.93. The predicted molar refractivity (Wildman–Crippen MR) is 66.3 cm³/mol. The zero-order valence-corrected chi connectivity index (χ0v) is 10.7. The molecule has 0 aliphatic rings. The molecule has 1 rings (SSSR count). The monoisotopic (exact) mass is 256 g/mol. The van der Waals surface area contributed by atoms with Crippen LogP contribution < -0.4 is 5.32 Å². The van der Waals surface area contributed by atoms with Crippen LogP contribution in [0.1, 0.15) is 22.6 Å². The molecule has 1 aromatic rings. The van der Waals surface area contributed by atoms with Gasteiger partial charge >= 0.3 is 5.97 Å². The van der Waals surface area contributed by atoms with Crippen LogP contribution in [0.3, 0.4) is 0 Å². The highest BCUT2D eigenvalue weighted by atomic mass is 16.5. The Morgan fingerprint density at radius 2 is 2.28 bits per heavy atom. The predicted octanol–water partition coefficient (Wildman–Crippen LogP) is 0.288. The zero-order valence-electron chi connectivity index (χ0n) is 10.7. The van der Waals surface area contributed by atoms with Crippen molar-refractivity contribution in [2.75, 3.05) is 27.4 Å². The van der Waals surface area contributed by atoms with Gasteiger partial charge in [0.1, 0.15) is 5.69 Å². The summed E-state index contributed by atoms with van der Waals surface area (Å²) in [5.74, 6) is -0.384. The third kappa shape index (κ3) is 4.48. The van der Waals surface area contributed by atoms with Crippen molar-refractivity contribution in [2.45, 2.75) is 19.0 Å². The van der Waals surface area contributed by atoms with Crippen LogP contribution >= 0.6 is 0 Å². The number of aromatic nitrogens is 1. The molecule has 1 heterocycles. The molecule has 0 aliphatic carbocycles. The normalized spacial score (nSPS) is 12.4. The van der Waals surface area contributed by atoms with Gasteiger partial charge < -0.3 is 24.9 Å². The Labute approximate surface area is 106 Å². The highest BCUT2D eigenvalue weighted by Gasteiger charge is 2.10. The minimum Gasteiger partial charge on any atom is -0.464 e. The zero-order chi connectivity index (χ0) is 13.4. The van der Waals surface area contributed by atoms with Crippen molar-refractivity contribution >= 4 is 5.97 Å². The number of rotatable bonds is 8. The number of esters is 1. The van der Waals surface area contributed by atoms with Gasteiger partial charge in [0.15, 0.2) is 0 Å². The van der Waals surface area contributed by atoms with Crippen LogP contribution in [0.5, 0.6) is 0 Å². The van der Waals surface area contributed by atoms with Crippen LogP contribution in [0.2, 0.25) is 0 Å². The minimum absolute atomic E-state index is 0.0878. The maximum Gasteiger partial charge on any atom is 0.354 e. The molecular weight excluding hydrogens is 236 g/mol. The van der Waals surface area contributed by atoms with Gasteiger partial charge in [-0.2, -0.15) is 0 Å². The molecule has 0 aliphatic heterocycles. The minimum atomic E-state index is -0.384. The lowest BCUT2D eigenvalue weighted by atomic mass is 10.2. The van der Waals surface area contributed by atoms with E-state index in [1.54, 1.807) is 13.2 Å². The van der Waals surface area contributed by atoms with Gasteiger partial charge in [0, 0.05) is 32.0 Å². The van der Waals surface area contributed by atoms with E-state index in [1.165, 1.54) is 7.11 Å². The molecule has 3 N–H and O–H groups in total. The first-order valence-electron chi connectivity index (χ1n) is 5.80. The van der Waals surface area contributed by atoms with E-state index < -0.39 is 0 Å². The topological polar surface area (TPSA) is 83.6 Å². The Kier molecular flexibility index (Phi) is 6.42.